The van der Waals surface area contributed by atoms with Crippen LogP contribution in [-0.2, 0) is 0 Å². The van der Waals surface area contributed by atoms with Crippen molar-refractivity contribution in [3.63, 3.8) is 0 Å². The zero-order valence-electron chi connectivity index (χ0n) is 7.79. The summed E-state index contributed by atoms with van der Waals surface area (Å²) >= 11 is 16.4. The second kappa shape index (κ2) is 5.18. The van der Waals surface area contributed by atoms with E-state index in [1.54, 1.807) is 0 Å². The van der Waals surface area contributed by atoms with Gasteiger partial charge in [0, 0.05) is 12.1 Å². The summed E-state index contributed by atoms with van der Waals surface area (Å²) in [5.74, 6) is 0. The van der Waals surface area contributed by atoms with Gasteiger partial charge in [-0.2, -0.15) is 0 Å². The average Bonchev–Trinajstić information content (AvgIpc) is 2.14. The number of benzene rings is 1. The molecule has 0 saturated heterocycles. The summed E-state index contributed by atoms with van der Waals surface area (Å²) in [5.41, 5.74) is -1.69. The Bertz CT molecular complexity index is 503. The Balaban J connectivity index is 3.62. The minimum absolute atomic E-state index is 0.532. The maximum atomic E-state index is 10.7. The van der Waals surface area contributed by atoms with Gasteiger partial charge in [0.2, 0.25) is 10.8 Å². The third-order valence-electron chi connectivity index (χ3n) is 1.60. The quantitative estimate of drug-likeness (QED) is 0.454. The van der Waals surface area contributed by atoms with Gasteiger partial charge in [0.05, 0.1) is 9.85 Å². The van der Waals surface area contributed by atoms with Gasteiger partial charge in [-0.05, 0) is 39.8 Å². The van der Waals surface area contributed by atoms with Crippen LogP contribution in [0.25, 0.3) is 0 Å². The highest BCUT2D eigenvalue weighted by molar-refractivity contribution is 8.26. The average molecular weight is 318 g/mol. The van der Waals surface area contributed by atoms with Crippen molar-refractivity contribution < 1.29 is 9.85 Å². The Morgan fingerprint density at radius 1 is 1.06 bits per heavy atom. The van der Waals surface area contributed by atoms with Gasteiger partial charge >= 0.3 is 11.4 Å². The first-order chi connectivity index (χ1) is 7.72. The van der Waals surface area contributed by atoms with Crippen molar-refractivity contribution in [2.45, 2.75) is 0 Å². The van der Waals surface area contributed by atoms with Crippen molar-refractivity contribution in [1.29, 1.82) is 0 Å². The predicted octanol–water partition coefficient (Wildman–Crippen LogP) is 4.80. The molecular weight excluding hydrogens is 315 g/mol. The lowest BCUT2D eigenvalue weighted by Crippen LogP contribution is -1.93. The molecule has 0 fully saturated rings. The van der Waals surface area contributed by atoms with Crippen molar-refractivity contribution in [3.8, 4) is 0 Å². The molecule has 0 bridgehead atoms. The third-order valence-corrected chi connectivity index (χ3v) is 2.71. The summed E-state index contributed by atoms with van der Waals surface area (Å²) in [4.78, 5) is 19.7. The van der Waals surface area contributed by atoms with Crippen LogP contribution >= 0.6 is 38.8 Å². The molecule has 11 heteroatoms. The van der Waals surface area contributed by atoms with Crippen molar-refractivity contribution >= 4 is 55.9 Å². The Hall–Kier alpha value is -0.880. The molecule has 1 rings (SSSR count). The Morgan fingerprint density at radius 2 is 1.47 bits per heavy atom. The topological polar surface area (TPSA) is 98.6 Å². The van der Waals surface area contributed by atoms with E-state index in [2.05, 4.69) is 4.74 Å². The van der Waals surface area contributed by atoms with Gasteiger partial charge in [-0.3, -0.25) is 20.2 Å². The van der Waals surface area contributed by atoms with E-state index in [1.165, 1.54) is 0 Å². The molecular formula is C6H3Cl3N3O4P. The Kier molecular flexibility index (Phi) is 4.32. The van der Waals surface area contributed by atoms with Crippen LogP contribution < -0.4 is 0 Å². The molecule has 92 valence electrons. The van der Waals surface area contributed by atoms with E-state index < -0.39 is 32.0 Å². The molecule has 7 nitrogen and oxygen atoms in total. The molecule has 0 aliphatic carbocycles. The summed E-state index contributed by atoms with van der Waals surface area (Å²) < 4.78 is 3.46. The molecule has 0 spiro atoms. The highest BCUT2D eigenvalue weighted by Gasteiger charge is 2.26. The Morgan fingerprint density at radius 3 is 1.76 bits per heavy atom. The molecule has 0 atom stereocenters. The maximum Gasteiger partial charge on any atom is 0.301 e. The molecule has 0 heterocycles. The lowest BCUT2D eigenvalue weighted by molar-refractivity contribution is -0.392. The van der Waals surface area contributed by atoms with Crippen LogP contribution in [0.15, 0.2) is 22.9 Å². The predicted molar refractivity (Wildman–Crippen MR) is 66.3 cm³/mol. The Labute approximate surface area is 109 Å². The second-order valence-corrected chi connectivity index (χ2v) is 9.67. The fraction of sp³-hybridized carbons (Fsp3) is 0. The second-order valence-electron chi connectivity index (χ2n) is 2.68. The van der Waals surface area contributed by atoms with Crippen molar-refractivity contribution in [2.75, 3.05) is 0 Å². The van der Waals surface area contributed by atoms with Crippen LogP contribution in [0, 0.1) is 20.2 Å². The molecule has 17 heavy (non-hydrogen) atoms. The molecule has 0 aromatic heterocycles. The van der Waals surface area contributed by atoms with Gasteiger partial charge in [-0.1, -0.05) is 0 Å². The molecule has 0 unspecified atom stereocenters. The summed E-state index contributed by atoms with van der Waals surface area (Å²) in [6, 6.07) is 3.25. The largest absolute Gasteiger partial charge is 0.301 e. The first-order valence-corrected chi connectivity index (χ1v) is 8.31. The minimum Gasteiger partial charge on any atom is -0.258 e. The van der Waals surface area contributed by atoms with E-state index >= 15 is 0 Å². The van der Waals surface area contributed by atoms with Gasteiger partial charge in [0.15, 0.2) is 0 Å². The van der Waals surface area contributed by atoms with E-state index in [4.69, 9.17) is 33.7 Å². The molecule has 0 radical (unpaired) electrons. The van der Waals surface area contributed by atoms with E-state index in [1.807, 2.05) is 0 Å². The SMILES string of the molecule is O=[N+]([O-])c1cccc([N+](=O)[O-])c1N=P(Cl)(Cl)Cl. The number of nitro groups is 2. The lowest BCUT2D eigenvalue weighted by Gasteiger charge is -2.01. The monoisotopic (exact) mass is 317 g/mol. The fourth-order valence-electron chi connectivity index (χ4n) is 1.03. The normalized spacial score (nSPS) is 11.0. The van der Waals surface area contributed by atoms with Gasteiger partial charge in [-0.15, -0.1) is 0 Å². The smallest absolute Gasteiger partial charge is 0.258 e. The number of rotatable bonds is 3. The highest BCUT2D eigenvalue weighted by atomic mass is 36.0. The maximum absolute atomic E-state index is 10.7. The van der Waals surface area contributed by atoms with Crippen molar-refractivity contribution in [2.24, 2.45) is 4.74 Å². The number of hydrogen-bond acceptors (Lipinski definition) is 5. The molecule has 0 N–H and O–H groups in total. The minimum atomic E-state index is -3.34. The van der Waals surface area contributed by atoms with Crippen molar-refractivity contribution in [3.05, 3.63) is 38.4 Å². The van der Waals surface area contributed by atoms with E-state index in [0.717, 1.165) is 18.2 Å². The van der Waals surface area contributed by atoms with Gasteiger partial charge in [0.1, 0.15) is 0 Å². The van der Waals surface area contributed by atoms with E-state index in [0.29, 0.717) is 0 Å². The van der Waals surface area contributed by atoms with E-state index in [9.17, 15) is 20.2 Å². The van der Waals surface area contributed by atoms with Crippen LogP contribution in [0.4, 0.5) is 17.1 Å². The van der Waals surface area contributed by atoms with E-state index in [-0.39, 0.29) is 0 Å². The van der Waals surface area contributed by atoms with Gasteiger partial charge in [-0.25, -0.2) is 4.74 Å². The molecule has 1 aromatic rings. The molecule has 0 amide bonds. The van der Waals surface area contributed by atoms with Crippen LogP contribution in [0.1, 0.15) is 0 Å². The van der Waals surface area contributed by atoms with Crippen molar-refractivity contribution in [1.82, 2.24) is 0 Å². The number of hydrogen-bond donors (Lipinski definition) is 0. The lowest BCUT2D eigenvalue weighted by atomic mass is 10.2. The molecule has 1 aromatic carbocycles. The first kappa shape index (κ1) is 14.2. The van der Waals surface area contributed by atoms with Crippen LogP contribution in [0.3, 0.4) is 0 Å². The summed E-state index contributed by atoms with van der Waals surface area (Å²) in [6.07, 6.45) is 0. The molecule has 0 aliphatic rings. The molecule has 0 saturated carbocycles. The van der Waals surface area contributed by atoms with Gasteiger partial charge in [0.25, 0.3) is 0 Å². The van der Waals surface area contributed by atoms with Gasteiger partial charge < -0.3 is 0 Å². The zero-order valence-corrected chi connectivity index (χ0v) is 11.0. The summed E-state index contributed by atoms with van der Waals surface area (Å²) in [6.45, 7) is 0. The fourth-order valence-corrected chi connectivity index (χ4v) is 2.14. The highest BCUT2D eigenvalue weighted by Crippen LogP contribution is 2.67. The summed E-state index contributed by atoms with van der Waals surface area (Å²) in [5, 5.41) is 18.0. The number of nitro benzene ring substituents is 2. The number of halogens is 3. The van der Waals surface area contributed by atoms with Crippen LogP contribution in [0.2, 0.25) is 0 Å². The number of nitrogens with zero attached hydrogens (tertiary/aromatic N) is 3. The van der Waals surface area contributed by atoms with Crippen LogP contribution in [0.5, 0.6) is 0 Å². The molecule has 0 aliphatic heterocycles. The standard InChI is InChI=1S/C6H3Cl3N3O4P/c7-17(8,9)10-6-4(11(13)14)2-1-3-5(6)12(15)16/h1-3H. The first-order valence-electron chi connectivity index (χ1n) is 3.85. The zero-order chi connectivity index (χ0) is 13.2. The van der Waals surface area contributed by atoms with Crippen LogP contribution in [-0.4, -0.2) is 9.85 Å². The summed E-state index contributed by atoms with van der Waals surface area (Å²) in [7, 11) is 0. The third kappa shape index (κ3) is 3.81.